The maximum atomic E-state index is 13.4. The van der Waals surface area contributed by atoms with E-state index >= 15 is 0 Å². The molecule has 0 aliphatic heterocycles. The van der Waals surface area contributed by atoms with Crippen LogP contribution in [0.4, 0.5) is 14.5 Å². The Balaban J connectivity index is 2.10. The van der Waals surface area contributed by atoms with Gasteiger partial charge in [-0.15, -0.1) is 0 Å². The monoisotopic (exact) mass is 283 g/mol. The maximum absolute atomic E-state index is 13.4. The van der Waals surface area contributed by atoms with Crippen LogP contribution in [-0.2, 0) is 6.54 Å². The summed E-state index contributed by atoms with van der Waals surface area (Å²) in [5.41, 5.74) is 0.960. The molecule has 0 saturated heterocycles. The molecule has 0 fully saturated rings. The summed E-state index contributed by atoms with van der Waals surface area (Å²) in [4.78, 5) is 0. The lowest BCUT2D eigenvalue weighted by Gasteiger charge is -2.09. The lowest BCUT2D eigenvalue weighted by molar-refractivity contribution is 0.415. The third kappa shape index (κ3) is 3.15. The van der Waals surface area contributed by atoms with Crippen LogP contribution in [0.25, 0.3) is 0 Å². The second kappa shape index (κ2) is 5.89. The van der Waals surface area contributed by atoms with Crippen molar-refractivity contribution in [1.82, 2.24) is 0 Å². The molecule has 0 bridgehead atoms. The second-order valence-corrected chi connectivity index (χ2v) is 4.32. The normalized spacial score (nSPS) is 10.3. The highest BCUT2D eigenvalue weighted by Gasteiger charge is 2.07. The molecule has 2 rings (SSSR count). The third-order valence-corrected chi connectivity index (χ3v) is 2.96. The van der Waals surface area contributed by atoms with Gasteiger partial charge in [-0.3, -0.25) is 0 Å². The number of benzene rings is 2. The Morgan fingerprint density at radius 3 is 2.68 bits per heavy atom. The van der Waals surface area contributed by atoms with Crippen LogP contribution in [0.2, 0.25) is 5.02 Å². The zero-order chi connectivity index (χ0) is 13.8. The summed E-state index contributed by atoms with van der Waals surface area (Å²) in [6.45, 7) is 0.173. The number of hydrogen-bond acceptors (Lipinski definition) is 2. The summed E-state index contributed by atoms with van der Waals surface area (Å²) < 4.78 is 31.5. The molecular weight excluding hydrogens is 272 g/mol. The molecule has 0 spiro atoms. The van der Waals surface area contributed by atoms with E-state index in [0.717, 1.165) is 6.07 Å². The van der Waals surface area contributed by atoms with Crippen LogP contribution >= 0.6 is 11.6 Å². The van der Waals surface area contributed by atoms with Gasteiger partial charge in [0.25, 0.3) is 0 Å². The Morgan fingerprint density at radius 2 is 2.00 bits per heavy atom. The van der Waals surface area contributed by atoms with Crippen molar-refractivity contribution in [2.45, 2.75) is 6.54 Å². The summed E-state index contributed by atoms with van der Waals surface area (Å²) in [5.74, 6) is -1.13. The minimum atomic E-state index is -0.855. The molecule has 0 aromatic heterocycles. The molecule has 0 heterocycles. The van der Waals surface area contributed by atoms with Crippen molar-refractivity contribution in [2.75, 3.05) is 12.4 Å². The third-order valence-electron chi connectivity index (χ3n) is 2.67. The minimum Gasteiger partial charge on any atom is -0.495 e. The standard InChI is InChI=1S/C14H12ClF2NO/c1-19-13-6-5-10(7-11(13)15)18-8-9-3-2-4-12(16)14(9)17/h2-7,18H,8H2,1H3. The van der Waals surface area contributed by atoms with Gasteiger partial charge in [-0.2, -0.15) is 0 Å². The first-order valence-corrected chi connectivity index (χ1v) is 6.00. The van der Waals surface area contributed by atoms with Crippen LogP contribution in [0.3, 0.4) is 0 Å². The van der Waals surface area contributed by atoms with Crippen molar-refractivity contribution >= 4 is 17.3 Å². The average Bonchev–Trinajstić information content (AvgIpc) is 2.40. The van der Waals surface area contributed by atoms with Gasteiger partial charge in [0.1, 0.15) is 5.75 Å². The first-order valence-electron chi connectivity index (χ1n) is 5.62. The van der Waals surface area contributed by atoms with E-state index in [2.05, 4.69) is 5.32 Å². The molecular formula is C14H12ClF2NO. The zero-order valence-corrected chi connectivity index (χ0v) is 11.0. The van der Waals surface area contributed by atoms with E-state index < -0.39 is 11.6 Å². The number of halogens is 3. The molecule has 2 aromatic rings. The maximum Gasteiger partial charge on any atom is 0.163 e. The lowest BCUT2D eigenvalue weighted by Crippen LogP contribution is -2.03. The van der Waals surface area contributed by atoms with Gasteiger partial charge >= 0.3 is 0 Å². The fourth-order valence-corrected chi connectivity index (χ4v) is 1.92. The van der Waals surface area contributed by atoms with Crippen LogP contribution < -0.4 is 10.1 Å². The molecule has 0 amide bonds. The van der Waals surface area contributed by atoms with Gasteiger partial charge in [-0.1, -0.05) is 23.7 Å². The van der Waals surface area contributed by atoms with Crippen LogP contribution in [0, 0.1) is 11.6 Å². The fourth-order valence-electron chi connectivity index (χ4n) is 1.66. The van der Waals surface area contributed by atoms with E-state index in [1.54, 1.807) is 18.2 Å². The number of nitrogens with one attached hydrogen (secondary N) is 1. The van der Waals surface area contributed by atoms with Crippen molar-refractivity contribution in [1.29, 1.82) is 0 Å². The molecule has 19 heavy (non-hydrogen) atoms. The predicted molar refractivity (Wildman–Crippen MR) is 71.7 cm³/mol. The first kappa shape index (κ1) is 13.6. The number of rotatable bonds is 4. The molecule has 0 radical (unpaired) electrons. The van der Waals surface area contributed by atoms with E-state index in [4.69, 9.17) is 16.3 Å². The van der Waals surface area contributed by atoms with Crippen molar-refractivity contribution in [3.05, 3.63) is 58.6 Å². The van der Waals surface area contributed by atoms with Gasteiger partial charge in [-0.25, -0.2) is 8.78 Å². The molecule has 0 aliphatic carbocycles. The van der Waals surface area contributed by atoms with E-state index in [-0.39, 0.29) is 12.1 Å². The topological polar surface area (TPSA) is 21.3 Å². The van der Waals surface area contributed by atoms with E-state index in [1.807, 2.05) is 0 Å². The number of methoxy groups -OCH3 is 1. The van der Waals surface area contributed by atoms with Gasteiger partial charge in [0.05, 0.1) is 12.1 Å². The minimum absolute atomic E-state index is 0.173. The van der Waals surface area contributed by atoms with Gasteiger partial charge in [-0.05, 0) is 24.3 Å². The second-order valence-electron chi connectivity index (χ2n) is 3.92. The molecule has 0 unspecified atom stereocenters. The van der Waals surface area contributed by atoms with Crippen molar-refractivity contribution in [3.63, 3.8) is 0 Å². The van der Waals surface area contributed by atoms with Gasteiger partial charge < -0.3 is 10.1 Å². The largest absolute Gasteiger partial charge is 0.495 e. The summed E-state index contributed by atoms with van der Waals surface area (Å²) in [5, 5.41) is 3.43. The number of ether oxygens (including phenoxy) is 1. The molecule has 0 aliphatic rings. The summed E-state index contributed by atoms with van der Waals surface area (Å²) in [6, 6.07) is 9.20. The van der Waals surface area contributed by atoms with Crippen molar-refractivity contribution in [3.8, 4) is 5.75 Å². The molecule has 100 valence electrons. The average molecular weight is 284 g/mol. The van der Waals surface area contributed by atoms with Gasteiger partial charge in [0.15, 0.2) is 11.6 Å². The van der Waals surface area contributed by atoms with Crippen LogP contribution in [0.15, 0.2) is 36.4 Å². The van der Waals surface area contributed by atoms with Gasteiger partial charge in [0.2, 0.25) is 0 Å². The first-order chi connectivity index (χ1) is 9.11. The highest BCUT2D eigenvalue weighted by atomic mass is 35.5. The van der Waals surface area contributed by atoms with Crippen molar-refractivity contribution in [2.24, 2.45) is 0 Å². The number of anilines is 1. The molecule has 2 aromatic carbocycles. The summed E-state index contributed by atoms with van der Waals surface area (Å²) >= 11 is 5.97. The van der Waals surface area contributed by atoms with E-state index in [0.29, 0.717) is 16.5 Å². The Morgan fingerprint density at radius 1 is 1.21 bits per heavy atom. The highest BCUT2D eigenvalue weighted by molar-refractivity contribution is 6.32. The molecule has 2 nitrogen and oxygen atoms in total. The predicted octanol–water partition coefficient (Wildman–Crippen LogP) is 4.24. The quantitative estimate of drug-likeness (QED) is 0.906. The SMILES string of the molecule is COc1ccc(NCc2cccc(F)c2F)cc1Cl. The lowest BCUT2D eigenvalue weighted by atomic mass is 10.2. The molecule has 5 heteroatoms. The van der Waals surface area contributed by atoms with E-state index in [1.165, 1.54) is 19.2 Å². The van der Waals surface area contributed by atoms with Crippen LogP contribution in [-0.4, -0.2) is 7.11 Å². The highest BCUT2D eigenvalue weighted by Crippen LogP contribution is 2.27. The Kier molecular flexibility index (Phi) is 4.22. The van der Waals surface area contributed by atoms with Crippen LogP contribution in [0.1, 0.15) is 5.56 Å². The molecule has 0 saturated carbocycles. The van der Waals surface area contributed by atoms with Crippen molar-refractivity contribution < 1.29 is 13.5 Å². The Hall–Kier alpha value is -1.81. The Bertz CT molecular complexity index is 590. The Labute approximate surface area is 115 Å². The zero-order valence-electron chi connectivity index (χ0n) is 10.2. The van der Waals surface area contributed by atoms with E-state index in [9.17, 15) is 8.78 Å². The number of hydrogen-bond donors (Lipinski definition) is 1. The fraction of sp³-hybridized carbons (Fsp3) is 0.143. The van der Waals surface area contributed by atoms with Gasteiger partial charge in [0, 0.05) is 17.8 Å². The molecule has 0 atom stereocenters. The summed E-state index contributed by atoms with van der Waals surface area (Å²) in [6.07, 6.45) is 0. The smallest absolute Gasteiger partial charge is 0.163 e. The van der Waals surface area contributed by atoms with Crippen LogP contribution in [0.5, 0.6) is 5.75 Å². The summed E-state index contributed by atoms with van der Waals surface area (Å²) in [7, 11) is 1.52. The molecule has 1 N–H and O–H groups in total.